The molecule has 2 unspecified atom stereocenters. The summed E-state index contributed by atoms with van der Waals surface area (Å²) in [5.74, 6) is -2.10. The minimum atomic E-state index is -4.07. The summed E-state index contributed by atoms with van der Waals surface area (Å²) in [5, 5.41) is 10.5. The highest BCUT2D eigenvalue weighted by Gasteiger charge is 2.63. The monoisotopic (exact) mass is 519 g/mol. The van der Waals surface area contributed by atoms with Crippen molar-refractivity contribution >= 4 is 44.9 Å². The third-order valence-electron chi connectivity index (χ3n) is 5.68. The lowest BCUT2D eigenvalue weighted by Crippen LogP contribution is -2.44. The van der Waals surface area contributed by atoms with Crippen LogP contribution in [0.5, 0.6) is 0 Å². The van der Waals surface area contributed by atoms with Crippen molar-refractivity contribution < 1.29 is 27.9 Å². The number of carboxylic acids is 1. The Bertz CT molecular complexity index is 1340. The van der Waals surface area contributed by atoms with E-state index in [1.807, 2.05) is 12.1 Å². The fraction of sp³-hybridized carbons (Fsp3) is 0.250. The first-order valence-corrected chi connectivity index (χ1v) is 13.1. The number of esters is 1. The van der Waals surface area contributed by atoms with E-state index < -0.39 is 27.4 Å². The Morgan fingerprint density at radius 1 is 1.18 bits per heavy atom. The molecule has 178 valence electrons. The number of nitrogens with one attached hydrogen (secondary N) is 1. The van der Waals surface area contributed by atoms with Gasteiger partial charge in [0.15, 0.2) is 0 Å². The maximum absolute atomic E-state index is 13.1. The van der Waals surface area contributed by atoms with Crippen molar-refractivity contribution in [2.75, 3.05) is 6.61 Å². The molecule has 0 bridgehead atoms. The fourth-order valence-corrected chi connectivity index (χ4v) is 6.70. The molecule has 10 heteroatoms. The summed E-state index contributed by atoms with van der Waals surface area (Å²) < 4.78 is 33.7. The van der Waals surface area contributed by atoms with Crippen LogP contribution in [0, 0.1) is 0 Å². The normalized spacial score (nSPS) is 19.5. The van der Waals surface area contributed by atoms with Crippen LogP contribution in [0.4, 0.5) is 0 Å². The van der Waals surface area contributed by atoms with Crippen molar-refractivity contribution in [1.82, 2.24) is 4.72 Å². The van der Waals surface area contributed by atoms with Crippen molar-refractivity contribution in [3.05, 3.63) is 76.8 Å². The number of sulfonamides is 1. The van der Waals surface area contributed by atoms with Gasteiger partial charge in [-0.05, 0) is 47.4 Å². The number of carbonyl (C=O) groups excluding carboxylic acids is 1. The van der Waals surface area contributed by atoms with Crippen LogP contribution in [0.1, 0.15) is 30.4 Å². The summed E-state index contributed by atoms with van der Waals surface area (Å²) in [5.41, 5.74) is 0.799. The molecule has 1 aliphatic rings. The highest BCUT2D eigenvalue weighted by molar-refractivity contribution is 7.91. The van der Waals surface area contributed by atoms with E-state index in [0.717, 1.165) is 32.9 Å². The predicted octanol–water partition coefficient (Wildman–Crippen LogP) is 4.46. The molecule has 2 atom stereocenters. The lowest BCUT2D eigenvalue weighted by molar-refractivity contribution is -0.141. The van der Waals surface area contributed by atoms with Crippen molar-refractivity contribution in [2.45, 2.75) is 35.4 Å². The minimum absolute atomic E-state index is 0.0406. The zero-order chi connectivity index (χ0) is 24.5. The van der Waals surface area contributed by atoms with E-state index in [1.54, 1.807) is 42.5 Å². The Morgan fingerprint density at radius 3 is 2.59 bits per heavy atom. The van der Waals surface area contributed by atoms with Crippen LogP contribution in [0.25, 0.3) is 10.4 Å². The highest BCUT2D eigenvalue weighted by atomic mass is 35.5. The van der Waals surface area contributed by atoms with Gasteiger partial charge in [-0.2, -0.15) is 4.72 Å². The van der Waals surface area contributed by atoms with E-state index >= 15 is 0 Å². The van der Waals surface area contributed by atoms with E-state index in [1.165, 1.54) is 13.0 Å². The molecule has 0 saturated heterocycles. The second-order valence-corrected chi connectivity index (χ2v) is 11.5. The molecular formula is C24H22ClNO6S2. The smallest absolute Gasteiger partial charge is 0.325 e. The van der Waals surface area contributed by atoms with Crippen LogP contribution in [-0.2, 0) is 30.8 Å². The SMILES string of the molecule is CC(=O)OCCc1cccc(C2CC2(NS(=O)(=O)c2ccc(-c3ccc(Cl)cc3)s2)C(=O)O)c1. The second-order valence-electron chi connectivity index (χ2n) is 8.10. The molecule has 0 aliphatic heterocycles. The predicted molar refractivity (Wildman–Crippen MR) is 130 cm³/mol. The number of carboxylic acid groups (broad SMARTS) is 1. The van der Waals surface area contributed by atoms with Gasteiger partial charge in [-0.1, -0.05) is 48.0 Å². The number of carbonyl (C=O) groups is 2. The quantitative estimate of drug-likeness (QED) is 0.404. The maximum atomic E-state index is 13.1. The number of hydrogen-bond acceptors (Lipinski definition) is 6. The zero-order valence-electron chi connectivity index (χ0n) is 18.2. The molecule has 2 aromatic carbocycles. The average Bonchev–Trinajstić information content (AvgIpc) is 3.27. The summed E-state index contributed by atoms with van der Waals surface area (Å²) >= 11 is 6.98. The number of thiophene rings is 1. The molecule has 0 radical (unpaired) electrons. The first kappa shape index (κ1) is 24.4. The molecule has 2 N–H and O–H groups in total. The standard InChI is InChI=1S/C24H22ClNO6S2/c1-15(27)32-12-11-16-3-2-4-18(13-16)20-14-24(20,23(28)29)26-34(30,31)22-10-9-21(33-22)17-5-7-19(25)8-6-17/h2-10,13,20,26H,11-12,14H2,1H3,(H,28,29). The molecule has 1 aliphatic carbocycles. The summed E-state index contributed by atoms with van der Waals surface area (Å²) in [4.78, 5) is 23.9. The van der Waals surface area contributed by atoms with Crippen molar-refractivity contribution in [3.8, 4) is 10.4 Å². The van der Waals surface area contributed by atoms with E-state index in [-0.39, 0.29) is 23.2 Å². The number of hydrogen-bond donors (Lipinski definition) is 2. The largest absolute Gasteiger partial charge is 0.480 e. The maximum Gasteiger partial charge on any atom is 0.325 e. The number of halogens is 1. The Labute approximate surface area is 206 Å². The molecule has 0 spiro atoms. The van der Waals surface area contributed by atoms with Crippen LogP contribution < -0.4 is 4.72 Å². The lowest BCUT2D eigenvalue weighted by atomic mass is 10.0. The van der Waals surface area contributed by atoms with Crippen LogP contribution in [0.15, 0.2) is 64.9 Å². The van der Waals surface area contributed by atoms with E-state index in [9.17, 15) is 23.1 Å². The van der Waals surface area contributed by atoms with Gasteiger partial charge >= 0.3 is 11.9 Å². The molecule has 0 amide bonds. The lowest BCUT2D eigenvalue weighted by Gasteiger charge is -2.15. The summed E-state index contributed by atoms with van der Waals surface area (Å²) in [6, 6.07) is 17.4. The first-order chi connectivity index (χ1) is 16.1. The molecule has 7 nitrogen and oxygen atoms in total. The Kier molecular flexibility index (Phi) is 6.82. The molecule has 3 aromatic rings. The Hall–Kier alpha value is -2.72. The Morgan fingerprint density at radius 2 is 1.91 bits per heavy atom. The van der Waals surface area contributed by atoms with Gasteiger partial charge in [0, 0.05) is 29.2 Å². The average molecular weight is 520 g/mol. The minimum Gasteiger partial charge on any atom is -0.480 e. The fourth-order valence-electron chi connectivity index (χ4n) is 3.86. The van der Waals surface area contributed by atoms with Crippen LogP contribution in [0.2, 0.25) is 5.02 Å². The third kappa shape index (κ3) is 5.17. The van der Waals surface area contributed by atoms with Gasteiger partial charge in [-0.25, -0.2) is 8.42 Å². The number of aliphatic carboxylic acids is 1. The van der Waals surface area contributed by atoms with Crippen LogP contribution >= 0.6 is 22.9 Å². The van der Waals surface area contributed by atoms with Gasteiger partial charge in [-0.15, -0.1) is 11.3 Å². The van der Waals surface area contributed by atoms with E-state index in [0.29, 0.717) is 11.4 Å². The summed E-state index contributed by atoms with van der Waals surface area (Å²) in [7, 11) is -4.07. The van der Waals surface area contributed by atoms with Crippen LogP contribution in [0.3, 0.4) is 0 Å². The second kappa shape index (κ2) is 9.50. The van der Waals surface area contributed by atoms with Crippen molar-refractivity contribution in [3.63, 3.8) is 0 Å². The van der Waals surface area contributed by atoms with Crippen molar-refractivity contribution in [1.29, 1.82) is 0 Å². The third-order valence-corrected chi connectivity index (χ3v) is 9.07. The summed E-state index contributed by atoms with van der Waals surface area (Å²) in [6.07, 6.45) is 0.624. The Balaban J connectivity index is 1.52. The molecular weight excluding hydrogens is 498 g/mol. The highest BCUT2D eigenvalue weighted by Crippen LogP contribution is 2.52. The van der Waals surface area contributed by atoms with E-state index in [4.69, 9.17) is 16.3 Å². The summed E-state index contributed by atoms with van der Waals surface area (Å²) in [6.45, 7) is 1.55. The van der Waals surface area contributed by atoms with Gasteiger partial charge in [-0.3, -0.25) is 9.59 Å². The van der Waals surface area contributed by atoms with Crippen molar-refractivity contribution in [2.24, 2.45) is 0 Å². The molecule has 1 saturated carbocycles. The van der Waals surface area contributed by atoms with Crippen LogP contribution in [-0.4, -0.2) is 37.6 Å². The zero-order valence-corrected chi connectivity index (χ0v) is 20.5. The molecule has 1 heterocycles. The molecule has 1 fully saturated rings. The first-order valence-electron chi connectivity index (χ1n) is 10.5. The molecule has 34 heavy (non-hydrogen) atoms. The van der Waals surface area contributed by atoms with Gasteiger partial charge in [0.25, 0.3) is 10.0 Å². The van der Waals surface area contributed by atoms with Gasteiger partial charge < -0.3 is 9.84 Å². The van der Waals surface area contributed by atoms with Gasteiger partial charge in [0.1, 0.15) is 9.75 Å². The topological polar surface area (TPSA) is 110 Å². The van der Waals surface area contributed by atoms with E-state index in [2.05, 4.69) is 4.72 Å². The molecule has 1 aromatic heterocycles. The number of benzene rings is 2. The van der Waals surface area contributed by atoms with Gasteiger partial charge in [0.2, 0.25) is 0 Å². The molecule has 4 rings (SSSR count). The number of rotatable bonds is 9. The number of ether oxygens (including phenoxy) is 1. The van der Waals surface area contributed by atoms with Gasteiger partial charge in [0.05, 0.1) is 6.61 Å².